The molecule has 0 fully saturated rings. The van der Waals surface area contributed by atoms with Gasteiger partial charge < -0.3 is 9.84 Å². The molecule has 2 atom stereocenters. The first-order valence-corrected chi connectivity index (χ1v) is 7.91. The second-order valence-corrected chi connectivity index (χ2v) is 6.28. The Morgan fingerprint density at radius 3 is 2.59 bits per heavy atom. The summed E-state index contributed by atoms with van der Waals surface area (Å²) < 4.78 is 5.57. The van der Waals surface area contributed by atoms with Gasteiger partial charge in [0.25, 0.3) is 0 Å². The molecule has 1 N–H and O–H groups in total. The summed E-state index contributed by atoms with van der Waals surface area (Å²) in [7, 11) is 0. The second kappa shape index (κ2) is 6.97. The third kappa shape index (κ3) is 3.89. The van der Waals surface area contributed by atoms with Crippen LogP contribution in [0.1, 0.15) is 39.2 Å². The van der Waals surface area contributed by atoms with E-state index < -0.39 is 6.10 Å². The molecule has 0 aliphatic heterocycles. The fourth-order valence-electron chi connectivity index (χ4n) is 2.44. The van der Waals surface area contributed by atoms with Gasteiger partial charge in [-0.3, -0.25) is 0 Å². The van der Waals surface area contributed by atoms with Crippen LogP contribution in [0.15, 0.2) is 54.6 Å². The van der Waals surface area contributed by atoms with E-state index in [-0.39, 0.29) is 5.41 Å². The van der Waals surface area contributed by atoms with Crippen molar-refractivity contribution in [3.05, 3.63) is 60.2 Å². The molecule has 1 aromatic rings. The standard InChI is InChI=1S/C20H26O2/c1-5-18(21)14-22-19-8-6-17(7-9-19)16(3)20(4)12-10-15(2)11-13-20/h6-12,18,21H,3,5,13-14H2,1-2,4H3. The second-order valence-electron chi connectivity index (χ2n) is 6.28. The summed E-state index contributed by atoms with van der Waals surface area (Å²) in [4.78, 5) is 0. The SMILES string of the molecule is C=C(c1ccc(OCC(O)CC)cc1)C1(C)C=CC(C)=CC1. The summed E-state index contributed by atoms with van der Waals surface area (Å²) in [5.74, 6) is 0.782. The van der Waals surface area contributed by atoms with Crippen molar-refractivity contribution in [3.63, 3.8) is 0 Å². The summed E-state index contributed by atoms with van der Waals surface area (Å²) in [6.07, 6.45) is 7.94. The molecule has 0 heterocycles. The maximum absolute atomic E-state index is 9.54. The maximum atomic E-state index is 9.54. The first-order chi connectivity index (χ1) is 10.4. The normalized spacial score (nSPS) is 22.1. The Labute approximate surface area is 133 Å². The number of aliphatic hydroxyl groups is 1. The minimum absolute atomic E-state index is 0.0275. The minimum Gasteiger partial charge on any atom is -0.491 e. The molecular weight excluding hydrogens is 272 g/mol. The van der Waals surface area contributed by atoms with Crippen molar-refractivity contribution in [1.29, 1.82) is 0 Å². The van der Waals surface area contributed by atoms with Crippen molar-refractivity contribution in [2.75, 3.05) is 6.61 Å². The lowest BCUT2D eigenvalue weighted by Crippen LogP contribution is -2.17. The van der Waals surface area contributed by atoms with Gasteiger partial charge in [-0.1, -0.05) is 56.4 Å². The van der Waals surface area contributed by atoms with E-state index >= 15 is 0 Å². The van der Waals surface area contributed by atoms with Crippen LogP contribution in [0, 0.1) is 5.41 Å². The van der Waals surface area contributed by atoms with Crippen LogP contribution in [0.4, 0.5) is 0 Å². The highest BCUT2D eigenvalue weighted by Gasteiger charge is 2.26. The zero-order valence-electron chi connectivity index (χ0n) is 13.8. The molecule has 0 radical (unpaired) electrons. The summed E-state index contributed by atoms with van der Waals surface area (Å²) >= 11 is 0. The van der Waals surface area contributed by atoms with Gasteiger partial charge in [0.15, 0.2) is 0 Å². The summed E-state index contributed by atoms with van der Waals surface area (Å²) in [6, 6.07) is 7.97. The van der Waals surface area contributed by atoms with E-state index in [9.17, 15) is 5.11 Å². The summed E-state index contributed by atoms with van der Waals surface area (Å²) in [6.45, 7) is 10.9. The van der Waals surface area contributed by atoms with Gasteiger partial charge in [0, 0.05) is 5.41 Å². The highest BCUT2D eigenvalue weighted by Crippen LogP contribution is 2.41. The molecule has 2 nitrogen and oxygen atoms in total. The van der Waals surface area contributed by atoms with E-state index in [2.05, 4.69) is 38.7 Å². The molecule has 2 unspecified atom stereocenters. The van der Waals surface area contributed by atoms with Gasteiger partial charge in [-0.25, -0.2) is 0 Å². The molecule has 0 saturated carbocycles. The first kappa shape index (κ1) is 16.6. The molecule has 1 aliphatic carbocycles. The molecule has 1 aliphatic rings. The predicted octanol–water partition coefficient (Wildman–Crippen LogP) is 4.76. The largest absolute Gasteiger partial charge is 0.491 e. The fraction of sp³-hybridized carbons (Fsp3) is 0.400. The van der Waals surface area contributed by atoms with Crippen molar-refractivity contribution in [3.8, 4) is 5.75 Å². The Hall–Kier alpha value is -1.80. The Morgan fingerprint density at radius 2 is 2.05 bits per heavy atom. The Kier molecular flexibility index (Phi) is 5.25. The Balaban J connectivity index is 2.04. The van der Waals surface area contributed by atoms with E-state index in [0.717, 1.165) is 23.3 Å². The van der Waals surface area contributed by atoms with Gasteiger partial charge in [0.05, 0.1) is 6.10 Å². The average Bonchev–Trinajstić information content (AvgIpc) is 2.55. The van der Waals surface area contributed by atoms with Crippen LogP contribution in [0.5, 0.6) is 5.75 Å². The number of ether oxygens (including phenoxy) is 1. The zero-order chi connectivity index (χ0) is 16.2. The van der Waals surface area contributed by atoms with Crippen molar-refractivity contribution < 1.29 is 9.84 Å². The van der Waals surface area contributed by atoms with Crippen LogP contribution >= 0.6 is 0 Å². The van der Waals surface area contributed by atoms with Gasteiger partial charge >= 0.3 is 0 Å². The van der Waals surface area contributed by atoms with Gasteiger partial charge in [0.2, 0.25) is 0 Å². The quantitative estimate of drug-likeness (QED) is 0.820. The zero-order valence-corrected chi connectivity index (χ0v) is 13.8. The first-order valence-electron chi connectivity index (χ1n) is 7.91. The van der Waals surface area contributed by atoms with E-state index in [1.165, 1.54) is 5.57 Å². The number of allylic oxidation sites excluding steroid dienone is 5. The van der Waals surface area contributed by atoms with E-state index in [4.69, 9.17) is 4.74 Å². The number of aliphatic hydroxyl groups excluding tert-OH is 1. The van der Waals surface area contributed by atoms with Crippen LogP contribution in [0.3, 0.4) is 0 Å². The number of hydrogen-bond acceptors (Lipinski definition) is 2. The van der Waals surface area contributed by atoms with Crippen LogP contribution in [-0.4, -0.2) is 17.8 Å². The van der Waals surface area contributed by atoms with Crippen LogP contribution in [-0.2, 0) is 0 Å². The maximum Gasteiger partial charge on any atom is 0.119 e. The Bertz CT molecular complexity index is 580. The smallest absolute Gasteiger partial charge is 0.119 e. The molecule has 118 valence electrons. The molecule has 2 rings (SSSR count). The van der Waals surface area contributed by atoms with Gasteiger partial charge in [0.1, 0.15) is 12.4 Å². The Morgan fingerprint density at radius 1 is 1.36 bits per heavy atom. The average molecular weight is 298 g/mol. The number of rotatable bonds is 6. The lowest BCUT2D eigenvalue weighted by Gasteiger charge is -2.30. The molecule has 0 amide bonds. The van der Waals surface area contributed by atoms with E-state index in [1.807, 2.05) is 31.2 Å². The number of hydrogen-bond donors (Lipinski definition) is 1. The molecule has 1 aromatic carbocycles. The van der Waals surface area contributed by atoms with Crippen LogP contribution < -0.4 is 4.74 Å². The van der Waals surface area contributed by atoms with E-state index in [0.29, 0.717) is 13.0 Å². The monoisotopic (exact) mass is 298 g/mol. The van der Waals surface area contributed by atoms with Gasteiger partial charge in [-0.2, -0.15) is 0 Å². The van der Waals surface area contributed by atoms with Crippen molar-refractivity contribution >= 4 is 5.57 Å². The molecule has 0 saturated heterocycles. The lowest BCUT2D eigenvalue weighted by molar-refractivity contribution is 0.104. The van der Waals surface area contributed by atoms with E-state index in [1.54, 1.807) is 0 Å². The molecule has 0 bridgehead atoms. The number of benzene rings is 1. The summed E-state index contributed by atoms with van der Waals surface area (Å²) in [5.41, 5.74) is 3.53. The third-order valence-corrected chi connectivity index (χ3v) is 4.37. The molecule has 0 spiro atoms. The molecule has 0 aromatic heterocycles. The minimum atomic E-state index is -0.407. The topological polar surface area (TPSA) is 29.5 Å². The predicted molar refractivity (Wildman–Crippen MR) is 92.9 cm³/mol. The van der Waals surface area contributed by atoms with Crippen molar-refractivity contribution in [2.45, 2.75) is 39.7 Å². The lowest BCUT2D eigenvalue weighted by atomic mass is 9.74. The molecular formula is C20H26O2. The third-order valence-electron chi connectivity index (χ3n) is 4.37. The molecule has 22 heavy (non-hydrogen) atoms. The fourth-order valence-corrected chi connectivity index (χ4v) is 2.44. The highest BCUT2D eigenvalue weighted by atomic mass is 16.5. The van der Waals surface area contributed by atoms with Gasteiger partial charge in [-0.05, 0) is 43.0 Å². The van der Waals surface area contributed by atoms with Crippen LogP contribution in [0.25, 0.3) is 5.57 Å². The highest BCUT2D eigenvalue weighted by molar-refractivity contribution is 5.71. The van der Waals surface area contributed by atoms with Crippen molar-refractivity contribution in [2.24, 2.45) is 5.41 Å². The van der Waals surface area contributed by atoms with Gasteiger partial charge in [-0.15, -0.1) is 0 Å². The summed E-state index contributed by atoms with van der Waals surface area (Å²) in [5, 5.41) is 9.54. The van der Waals surface area contributed by atoms with Crippen LogP contribution in [0.2, 0.25) is 0 Å². The van der Waals surface area contributed by atoms with Crippen molar-refractivity contribution in [1.82, 2.24) is 0 Å². The molecule has 2 heteroatoms.